The number of carbonyl (C=O) groups is 5. The first kappa shape index (κ1) is 31.5. The smallest absolute Gasteiger partial charge is 0.255 e. The minimum absolute atomic E-state index is 0.0433. The quantitative estimate of drug-likeness (QED) is 0.319. The van der Waals surface area contributed by atoms with Gasteiger partial charge in [-0.15, -0.1) is 0 Å². The summed E-state index contributed by atoms with van der Waals surface area (Å²) in [7, 11) is 0. The Hall–Kier alpha value is -3.67. The van der Waals surface area contributed by atoms with E-state index in [0.29, 0.717) is 6.61 Å². The highest BCUT2D eigenvalue weighted by molar-refractivity contribution is 6.01. The summed E-state index contributed by atoms with van der Waals surface area (Å²) in [4.78, 5) is 65.3. The molecule has 1 aromatic carbocycles. The van der Waals surface area contributed by atoms with Crippen LogP contribution in [0.3, 0.4) is 0 Å². The van der Waals surface area contributed by atoms with E-state index >= 15 is 0 Å². The van der Waals surface area contributed by atoms with E-state index in [-0.39, 0.29) is 37.0 Å². The Kier molecular flexibility index (Phi) is 11.7. The summed E-state index contributed by atoms with van der Waals surface area (Å²) in [6.45, 7) is 11.1. The molecule has 12 nitrogen and oxygen atoms in total. The molecule has 39 heavy (non-hydrogen) atoms. The van der Waals surface area contributed by atoms with Crippen LogP contribution in [-0.2, 0) is 23.9 Å². The van der Waals surface area contributed by atoms with Gasteiger partial charge in [-0.3, -0.25) is 24.0 Å². The Labute approximate surface area is 229 Å². The molecule has 0 unspecified atom stereocenters. The van der Waals surface area contributed by atoms with Crippen LogP contribution >= 0.6 is 0 Å². The van der Waals surface area contributed by atoms with Crippen molar-refractivity contribution < 1.29 is 33.4 Å². The summed E-state index contributed by atoms with van der Waals surface area (Å²) in [6, 6.07) is 3.90. The Morgan fingerprint density at radius 2 is 1.82 bits per heavy atom. The first-order valence-electron chi connectivity index (χ1n) is 13.2. The van der Waals surface area contributed by atoms with Crippen molar-refractivity contribution >= 4 is 29.5 Å². The average Bonchev–Trinajstić information content (AvgIpc) is 2.86. The van der Waals surface area contributed by atoms with Gasteiger partial charge in [0.2, 0.25) is 23.6 Å². The van der Waals surface area contributed by atoms with Gasteiger partial charge < -0.3 is 36.1 Å². The van der Waals surface area contributed by atoms with Crippen LogP contribution in [0.4, 0.5) is 0 Å². The minimum atomic E-state index is -1.42. The maximum absolute atomic E-state index is 13.2. The maximum atomic E-state index is 13.2. The molecule has 0 aromatic heterocycles. The number of amides is 5. The average molecular weight is 548 g/mol. The summed E-state index contributed by atoms with van der Waals surface area (Å²) in [5.74, 6) is -2.84. The van der Waals surface area contributed by atoms with Crippen molar-refractivity contribution in [2.45, 2.75) is 71.6 Å². The summed E-state index contributed by atoms with van der Waals surface area (Å²) in [5.41, 5.74) is -1.26. The highest BCUT2D eigenvalue weighted by atomic mass is 16.5. The molecular weight excluding hydrogens is 506 g/mol. The third kappa shape index (κ3) is 9.54. The van der Waals surface area contributed by atoms with Crippen LogP contribution in [0.1, 0.15) is 58.3 Å². The van der Waals surface area contributed by atoms with Gasteiger partial charge in [0.15, 0.2) is 0 Å². The molecule has 5 N–H and O–H groups in total. The van der Waals surface area contributed by atoms with Crippen LogP contribution in [0, 0.1) is 5.92 Å². The van der Waals surface area contributed by atoms with E-state index in [2.05, 4.69) is 26.6 Å². The molecule has 5 amide bonds. The van der Waals surface area contributed by atoms with Gasteiger partial charge in [-0.2, -0.15) is 0 Å². The zero-order valence-corrected chi connectivity index (χ0v) is 23.5. The molecule has 0 saturated heterocycles. The molecule has 0 aliphatic carbocycles. The van der Waals surface area contributed by atoms with E-state index in [1.54, 1.807) is 39.0 Å². The van der Waals surface area contributed by atoms with E-state index in [9.17, 15) is 24.0 Å². The Morgan fingerprint density at radius 1 is 1.13 bits per heavy atom. The summed E-state index contributed by atoms with van der Waals surface area (Å²) >= 11 is 0. The van der Waals surface area contributed by atoms with Crippen LogP contribution in [0.5, 0.6) is 5.75 Å². The topological polar surface area (TPSA) is 164 Å². The number of carbonyl (C=O) groups excluding carboxylic acids is 5. The van der Waals surface area contributed by atoms with Crippen molar-refractivity contribution in [3.8, 4) is 5.75 Å². The third-order valence-corrected chi connectivity index (χ3v) is 6.03. The maximum Gasteiger partial charge on any atom is 0.255 e. The molecule has 0 saturated carbocycles. The Bertz CT molecular complexity index is 1040. The summed E-state index contributed by atoms with van der Waals surface area (Å²) < 4.78 is 11.1. The van der Waals surface area contributed by atoms with Crippen LogP contribution in [0.15, 0.2) is 24.3 Å². The molecule has 12 heteroatoms. The zero-order valence-electron chi connectivity index (χ0n) is 23.5. The predicted molar refractivity (Wildman–Crippen MR) is 144 cm³/mol. The number of para-hydroxylation sites is 1. The second-order valence-corrected chi connectivity index (χ2v) is 10.3. The number of benzene rings is 1. The molecule has 1 aliphatic heterocycles. The molecule has 1 aliphatic rings. The van der Waals surface area contributed by atoms with Crippen LogP contribution in [0.2, 0.25) is 0 Å². The third-order valence-electron chi connectivity index (χ3n) is 6.03. The molecular formula is C27H41N5O7. The van der Waals surface area contributed by atoms with Gasteiger partial charge in [0.25, 0.3) is 5.91 Å². The lowest BCUT2D eigenvalue weighted by Crippen LogP contribution is -2.61. The molecule has 0 fully saturated rings. The lowest BCUT2D eigenvalue weighted by Gasteiger charge is -2.30. The zero-order chi connectivity index (χ0) is 29.2. The second kappa shape index (κ2) is 14.5. The number of rotatable bonds is 6. The number of nitrogens with one attached hydrogen (secondary N) is 5. The van der Waals surface area contributed by atoms with Crippen LogP contribution < -0.4 is 31.3 Å². The van der Waals surface area contributed by atoms with Gasteiger partial charge in [-0.05, 0) is 45.7 Å². The first-order valence-corrected chi connectivity index (χ1v) is 13.2. The number of hydrogen-bond donors (Lipinski definition) is 5. The highest BCUT2D eigenvalue weighted by Gasteiger charge is 2.36. The van der Waals surface area contributed by atoms with Crippen molar-refractivity contribution in [3.63, 3.8) is 0 Å². The molecule has 0 spiro atoms. The van der Waals surface area contributed by atoms with Gasteiger partial charge in [-0.25, -0.2) is 0 Å². The van der Waals surface area contributed by atoms with Gasteiger partial charge in [0.1, 0.15) is 30.0 Å². The van der Waals surface area contributed by atoms with E-state index in [1.165, 1.54) is 19.9 Å². The lowest BCUT2D eigenvalue weighted by atomic mass is 9.98. The standard InChI is InChI=1S/C27H41N5O7/c1-7-38-13-12-28-24(35)19-14-21(33)32-27(5,6)26(37)31-22(16(2)3)25(36)29-17(4)15-39-20-11-9-8-10-18(20)23(34)30-19/h8-11,16-17,19,22H,7,12-15H2,1-6H3,(H,28,35)(H,29,36)(H,30,34)(H,31,37)(H,32,33)/t17-,19-,22+/m0/s1. The van der Waals surface area contributed by atoms with Crippen LogP contribution in [0.25, 0.3) is 0 Å². The van der Waals surface area contributed by atoms with Crippen LogP contribution in [-0.4, -0.2) is 79.6 Å². The fourth-order valence-corrected chi connectivity index (χ4v) is 3.83. The molecule has 3 atom stereocenters. The monoisotopic (exact) mass is 547 g/mol. The Morgan fingerprint density at radius 3 is 2.49 bits per heavy atom. The number of fused-ring (bicyclic) bond motifs is 1. The van der Waals surface area contributed by atoms with Gasteiger partial charge >= 0.3 is 0 Å². The van der Waals surface area contributed by atoms with Crippen molar-refractivity contribution in [2.75, 3.05) is 26.4 Å². The van der Waals surface area contributed by atoms with E-state index in [0.717, 1.165) is 0 Å². The molecule has 2 rings (SSSR count). The van der Waals surface area contributed by atoms with E-state index in [4.69, 9.17) is 9.47 Å². The predicted octanol–water partition coefficient (Wildman–Crippen LogP) is 0.261. The molecule has 1 aromatic rings. The SMILES string of the molecule is CCOCCNC(=O)[C@@H]1CC(=O)NC(C)(C)C(=O)N[C@H](C(C)C)C(=O)N[C@@H](C)COc2ccccc2C(=O)N1. The molecule has 1 heterocycles. The molecule has 0 bridgehead atoms. The highest BCUT2D eigenvalue weighted by Crippen LogP contribution is 2.19. The van der Waals surface area contributed by atoms with Gasteiger partial charge in [0.05, 0.1) is 24.6 Å². The van der Waals surface area contributed by atoms with Crippen molar-refractivity contribution in [1.82, 2.24) is 26.6 Å². The van der Waals surface area contributed by atoms with E-state index in [1.807, 2.05) is 6.92 Å². The summed E-state index contributed by atoms with van der Waals surface area (Å²) in [6.07, 6.45) is -0.433. The fourth-order valence-electron chi connectivity index (χ4n) is 3.83. The normalized spacial score (nSPS) is 22.8. The van der Waals surface area contributed by atoms with Gasteiger partial charge in [0, 0.05) is 13.2 Å². The largest absolute Gasteiger partial charge is 0.491 e. The number of hydrogen-bond acceptors (Lipinski definition) is 7. The van der Waals surface area contributed by atoms with Crippen molar-refractivity contribution in [2.24, 2.45) is 5.92 Å². The fraction of sp³-hybridized carbons (Fsp3) is 0.593. The Balaban J connectivity index is 2.40. The van der Waals surface area contributed by atoms with Gasteiger partial charge in [-0.1, -0.05) is 26.0 Å². The first-order chi connectivity index (χ1) is 18.4. The molecule has 216 valence electrons. The van der Waals surface area contributed by atoms with E-state index < -0.39 is 59.6 Å². The van der Waals surface area contributed by atoms with Crippen molar-refractivity contribution in [3.05, 3.63) is 29.8 Å². The number of ether oxygens (including phenoxy) is 2. The molecule has 0 radical (unpaired) electrons. The minimum Gasteiger partial charge on any atom is -0.491 e. The lowest BCUT2D eigenvalue weighted by molar-refractivity contribution is -0.136. The summed E-state index contributed by atoms with van der Waals surface area (Å²) in [5, 5.41) is 13.4. The van der Waals surface area contributed by atoms with Crippen molar-refractivity contribution in [1.29, 1.82) is 0 Å². The second-order valence-electron chi connectivity index (χ2n) is 10.3.